The number of benzene rings is 2. The molecular formula is C21H22BrN3O2S. The van der Waals surface area contributed by atoms with E-state index in [1.807, 2.05) is 23.1 Å². The Labute approximate surface area is 178 Å². The molecule has 0 aromatic heterocycles. The van der Waals surface area contributed by atoms with Gasteiger partial charge in [-0.1, -0.05) is 31.2 Å². The van der Waals surface area contributed by atoms with Gasteiger partial charge in [0.1, 0.15) is 0 Å². The van der Waals surface area contributed by atoms with E-state index < -0.39 is 0 Å². The zero-order valence-corrected chi connectivity index (χ0v) is 18.0. The SMILES string of the molecule is CC1CCN(C(=O)c2ccccc2NC(=S)NC(=O)c2ccccc2Br)CC1. The van der Waals surface area contributed by atoms with Crippen molar-refractivity contribution in [3.8, 4) is 0 Å². The minimum Gasteiger partial charge on any atom is -0.339 e. The van der Waals surface area contributed by atoms with Crippen molar-refractivity contribution in [1.29, 1.82) is 0 Å². The molecule has 146 valence electrons. The zero-order chi connectivity index (χ0) is 20.1. The number of nitrogens with one attached hydrogen (secondary N) is 2. The van der Waals surface area contributed by atoms with Gasteiger partial charge in [-0.2, -0.15) is 0 Å². The van der Waals surface area contributed by atoms with E-state index in [-0.39, 0.29) is 16.9 Å². The van der Waals surface area contributed by atoms with Crippen LogP contribution in [0.15, 0.2) is 53.0 Å². The Morgan fingerprint density at radius 1 is 1.04 bits per heavy atom. The summed E-state index contributed by atoms with van der Waals surface area (Å²) in [6.45, 7) is 3.73. The zero-order valence-electron chi connectivity index (χ0n) is 15.6. The fourth-order valence-corrected chi connectivity index (χ4v) is 3.80. The lowest BCUT2D eigenvalue weighted by atomic mass is 9.98. The smallest absolute Gasteiger partial charge is 0.258 e. The van der Waals surface area contributed by atoms with Crippen molar-refractivity contribution in [3.05, 3.63) is 64.1 Å². The van der Waals surface area contributed by atoms with Gasteiger partial charge in [0.05, 0.1) is 16.8 Å². The first-order valence-electron chi connectivity index (χ1n) is 9.21. The van der Waals surface area contributed by atoms with Crippen molar-refractivity contribution in [2.45, 2.75) is 19.8 Å². The number of hydrogen-bond acceptors (Lipinski definition) is 3. The van der Waals surface area contributed by atoms with Crippen LogP contribution < -0.4 is 10.6 Å². The number of halogens is 1. The lowest BCUT2D eigenvalue weighted by Crippen LogP contribution is -2.39. The molecule has 1 heterocycles. The van der Waals surface area contributed by atoms with Crippen LogP contribution in [0.1, 0.15) is 40.5 Å². The first-order chi connectivity index (χ1) is 13.5. The van der Waals surface area contributed by atoms with Gasteiger partial charge in [0.25, 0.3) is 11.8 Å². The third kappa shape index (κ3) is 4.97. The highest BCUT2D eigenvalue weighted by Crippen LogP contribution is 2.22. The summed E-state index contributed by atoms with van der Waals surface area (Å²) in [4.78, 5) is 27.2. The van der Waals surface area contributed by atoms with Gasteiger partial charge in [0.15, 0.2) is 5.11 Å². The van der Waals surface area contributed by atoms with Crippen LogP contribution in [-0.2, 0) is 0 Å². The Bertz CT molecular complexity index is 895. The fourth-order valence-electron chi connectivity index (χ4n) is 3.13. The molecule has 2 N–H and O–H groups in total. The molecule has 3 rings (SSSR count). The summed E-state index contributed by atoms with van der Waals surface area (Å²) < 4.78 is 0.685. The van der Waals surface area contributed by atoms with Crippen LogP contribution in [0.25, 0.3) is 0 Å². The average molecular weight is 460 g/mol. The summed E-state index contributed by atoms with van der Waals surface area (Å²) in [6.07, 6.45) is 2.03. The molecule has 0 bridgehead atoms. The van der Waals surface area contributed by atoms with E-state index in [0.717, 1.165) is 25.9 Å². The molecular weight excluding hydrogens is 438 g/mol. The Morgan fingerprint density at radius 3 is 2.32 bits per heavy atom. The van der Waals surface area contributed by atoms with Crippen LogP contribution in [0.4, 0.5) is 5.69 Å². The largest absolute Gasteiger partial charge is 0.339 e. The quantitative estimate of drug-likeness (QED) is 0.665. The van der Waals surface area contributed by atoms with Crippen molar-refractivity contribution in [2.75, 3.05) is 18.4 Å². The number of hydrogen-bond donors (Lipinski definition) is 2. The maximum Gasteiger partial charge on any atom is 0.258 e. The second kappa shape index (κ2) is 9.30. The Hall–Kier alpha value is -2.25. The highest BCUT2D eigenvalue weighted by molar-refractivity contribution is 9.10. The van der Waals surface area contributed by atoms with E-state index in [0.29, 0.717) is 27.2 Å². The van der Waals surface area contributed by atoms with E-state index in [1.165, 1.54) is 0 Å². The maximum absolute atomic E-state index is 12.9. The molecule has 2 aromatic rings. The lowest BCUT2D eigenvalue weighted by molar-refractivity contribution is 0.0698. The predicted octanol–water partition coefficient (Wildman–Crippen LogP) is 4.45. The molecule has 0 radical (unpaired) electrons. The molecule has 2 amide bonds. The van der Waals surface area contributed by atoms with Gasteiger partial charge in [-0.15, -0.1) is 0 Å². The van der Waals surface area contributed by atoms with Crippen LogP contribution in [-0.4, -0.2) is 34.9 Å². The number of nitrogens with zero attached hydrogens (tertiary/aromatic N) is 1. The van der Waals surface area contributed by atoms with Crippen molar-refractivity contribution in [2.24, 2.45) is 5.92 Å². The van der Waals surface area contributed by atoms with Crippen LogP contribution in [0.5, 0.6) is 0 Å². The van der Waals surface area contributed by atoms with Crippen molar-refractivity contribution < 1.29 is 9.59 Å². The number of amides is 2. The number of piperidine rings is 1. The Kier molecular flexibility index (Phi) is 6.80. The number of carbonyl (C=O) groups excluding carboxylic acids is 2. The highest BCUT2D eigenvalue weighted by Gasteiger charge is 2.23. The minimum atomic E-state index is -0.321. The standard InChI is InChI=1S/C21H22BrN3O2S/c1-14-10-12-25(13-11-14)20(27)16-7-3-5-9-18(16)23-21(28)24-19(26)15-6-2-4-8-17(15)22/h2-9,14H,10-13H2,1H3,(H2,23,24,26,28). The number of anilines is 1. The third-order valence-electron chi connectivity index (χ3n) is 4.82. The molecule has 0 atom stereocenters. The number of likely N-dealkylation sites (tertiary alicyclic amines) is 1. The number of thiocarbonyl (C=S) groups is 1. The minimum absolute atomic E-state index is 0.0186. The topological polar surface area (TPSA) is 61.4 Å². The van der Waals surface area contributed by atoms with Gasteiger partial charge >= 0.3 is 0 Å². The number of para-hydroxylation sites is 1. The molecule has 0 aliphatic carbocycles. The van der Waals surface area contributed by atoms with Crippen LogP contribution in [0, 0.1) is 5.92 Å². The number of carbonyl (C=O) groups is 2. The van der Waals surface area contributed by atoms with Gasteiger partial charge in [0.2, 0.25) is 0 Å². The summed E-state index contributed by atoms with van der Waals surface area (Å²) >= 11 is 8.65. The fraction of sp³-hybridized carbons (Fsp3) is 0.286. The lowest BCUT2D eigenvalue weighted by Gasteiger charge is -2.31. The summed E-state index contributed by atoms with van der Waals surface area (Å²) in [5.74, 6) is 0.311. The van der Waals surface area contributed by atoms with Crippen LogP contribution in [0.2, 0.25) is 0 Å². The second-order valence-corrected chi connectivity index (χ2v) is 8.17. The van der Waals surface area contributed by atoms with Crippen molar-refractivity contribution in [1.82, 2.24) is 10.2 Å². The molecule has 1 aliphatic heterocycles. The summed E-state index contributed by atoms with van der Waals surface area (Å²) in [7, 11) is 0. The first-order valence-corrected chi connectivity index (χ1v) is 10.4. The summed E-state index contributed by atoms with van der Waals surface area (Å²) in [5, 5.41) is 5.81. The van der Waals surface area contributed by atoms with E-state index in [4.69, 9.17) is 12.2 Å². The molecule has 28 heavy (non-hydrogen) atoms. The second-order valence-electron chi connectivity index (χ2n) is 6.91. The molecule has 5 nitrogen and oxygen atoms in total. The highest BCUT2D eigenvalue weighted by atomic mass is 79.9. The molecule has 0 unspecified atom stereocenters. The molecule has 1 aliphatic rings. The molecule has 2 aromatic carbocycles. The molecule has 0 spiro atoms. The van der Waals surface area contributed by atoms with Gasteiger partial charge < -0.3 is 10.2 Å². The maximum atomic E-state index is 12.9. The predicted molar refractivity (Wildman–Crippen MR) is 119 cm³/mol. The van der Waals surface area contributed by atoms with E-state index >= 15 is 0 Å². The van der Waals surface area contributed by atoms with Gasteiger partial charge in [-0.3, -0.25) is 14.9 Å². The average Bonchev–Trinajstić information content (AvgIpc) is 2.68. The molecule has 1 fully saturated rings. The summed E-state index contributed by atoms with van der Waals surface area (Å²) in [6, 6.07) is 14.3. The summed E-state index contributed by atoms with van der Waals surface area (Å²) in [5.41, 5.74) is 1.62. The molecule has 7 heteroatoms. The Morgan fingerprint density at radius 2 is 1.64 bits per heavy atom. The van der Waals surface area contributed by atoms with Crippen LogP contribution in [0.3, 0.4) is 0 Å². The van der Waals surface area contributed by atoms with Gasteiger partial charge in [0, 0.05) is 17.6 Å². The normalized spacial score (nSPS) is 14.4. The number of rotatable bonds is 3. The van der Waals surface area contributed by atoms with Crippen LogP contribution >= 0.6 is 28.1 Å². The van der Waals surface area contributed by atoms with Gasteiger partial charge in [-0.25, -0.2) is 0 Å². The van der Waals surface area contributed by atoms with E-state index in [2.05, 4.69) is 33.5 Å². The van der Waals surface area contributed by atoms with E-state index in [1.54, 1.807) is 30.3 Å². The molecule has 1 saturated heterocycles. The van der Waals surface area contributed by atoms with Gasteiger partial charge in [-0.05, 0) is 71.2 Å². The Balaban J connectivity index is 1.69. The first kappa shape index (κ1) is 20.5. The van der Waals surface area contributed by atoms with Crippen molar-refractivity contribution in [3.63, 3.8) is 0 Å². The van der Waals surface area contributed by atoms with Crippen molar-refractivity contribution >= 4 is 50.8 Å². The van der Waals surface area contributed by atoms with E-state index in [9.17, 15) is 9.59 Å². The molecule has 0 saturated carbocycles. The third-order valence-corrected chi connectivity index (χ3v) is 5.72. The monoisotopic (exact) mass is 459 g/mol.